The van der Waals surface area contributed by atoms with Gasteiger partial charge in [0, 0.05) is 0 Å². The quantitative estimate of drug-likeness (QED) is 0.803. The average molecular weight is 351 g/mol. The molecule has 1 N–H and O–H groups in total. The highest BCUT2D eigenvalue weighted by molar-refractivity contribution is 5.83. The first-order chi connectivity index (χ1) is 12.7. The van der Waals surface area contributed by atoms with Gasteiger partial charge < -0.3 is 10.1 Å². The Labute approximate surface area is 154 Å². The van der Waals surface area contributed by atoms with Crippen LogP contribution in [0.3, 0.4) is 0 Å². The van der Waals surface area contributed by atoms with Crippen molar-refractivity contribution in [1.29, 1.82) is 0 Å². The van der Waals surface area contributed by atoms with E-state index in [9.17, 15) is 9.59 Å². The maximum Gasteiger partial charge on any atom is 0.313 e. The van der Waals surface area contributed by atoms with Gasteiger partial charge in [-0.1, -0.05) is 61.5 Å². The minimum absolute atomic E-state index is 0.00208. The second kappa shape index (κ2) is 8.65. The predicted octanol–water partition coefficient (Wildman–Crippen LogP) is 3.92. The Morgan fingerprint density at radius 2 is 1.85 bits per heavy atom. The Bertz CT molecular complexity index is 757. The van der Waals surface area contributed by atoms with Crippen LogP contribution >= 0.6 is 0 Å². The Kier molecular flexibility index (Phi) is 6.05. The van der Waals surface area contributed by atoms with Crippen LogP contribution in [0.4, 0.5) is 0 Å². The Morgan fingerprint density at radius 3 is 2.62 bits per heavy atom. The number of carbonyl (C=O) groups is 2. The summed E-state index contributed by atoms with van der Waals surface area (Å²) in [7, 11) is 0. The number of rotatable bonds is 6. The summed E-state index contributed by atoms with van der Waals surface area (Å²) in [5.74, 6) is -0.930. The average Bonchev–Trinajstić information content (AvgIpc) is 2.68. The summed E-state index contributed by atoms with van der Waals surface area (Å²) in [6.45, 7) is 1.71. The fraction of sp³-hybridized carbons (Fsp3) is 0.364. The van der Waals surface area contributed by atoms with Crippen LogP contribution in [0.25, 0.3) is 0 Å². The van der Waals surface area contributed by atoms with Crippen LogP contribution in [0.5, 0.6) is 0 Å². The summed E-state index contributed by atoms with van der Waals surface area (Å²) in [4.78, 5) is 24.7. The summed E-state index contributed by atoms with van der Waals surface area (Å²) in [5.41, 5.74) is 3.38. The molecule has 3 rings (SSSR count). The lowest BCUT2D eigenvalue weighted by molar-refractivity contribution is -0.150. The first-order valence-electron chi connectivity index (χ1n) is 9.27. The number of hydrogen-bond donors (Lipinski definition) is 1. The zero-order valence-electron chi connectivity index (χ0n) is 15.1. The fourth-order valence-corrected chi connectivity index (χ4v) is 3.60. The van der Waals surface area contributed by atoms with Crippen molar-refractivity contribution in [2.24, 2.45) is 0 Å². The van der Waals surface area contributed by atoms with Gasteiger partial charge in [0.05, 0.1) is 12.0 Å². The van der Waals surface area contributed by atoms with E-state index in [-0.39, 0.29) is 30.4 Å². The van der Waals surface area contributed by atoms with Crippen molar-refractivity contribution in [1.82, 2.24) is 5.32 Å². The van der Waals surface area contributed by atoms with E-state index in [0.717, 1.165) is 24.8 Å². The number of aryl methyl sites for hydroxylation is 1. The molecule has 1 aliphatic carbocycles. The van der Waals surface area contributed by atoms with Gasteiger partial charge in [0.25, 0.3) is 5.91 Å². The molecule has 0 fully saturated rings. The largest absolute Gasteiger partial charge is 0.455 e. The van der Waals surface area contributed by atoms with Gasteiger partial charge in [-0.25, -0.2) is 0 Å². The predicted molar refractivity (Wildman–Crippen MR) is 101 cm³/mol. The molecule has 0 bridgehead atoms. The molecule has 136 valence electrons. The standard InChI is InChI=1S/C22H25NO3/c1-2-18(16-9-4-3-5-10-16)22(25)26-15-21(24)23-20-14-8-12-17-11-6-7-13-19(17)20/h3-7,9-11,13,18,20H,2,8,12,14-15H2,1H3,(H,23,24)/t18-,20+/m0/s1. The summed E-state index contributed by atoms with van der Waals surface area (Å²) < 4.78 is 5.29. The lowest BCUT2D eigenvalue weighted by Crippen LogP contribution is -2.34. The highest BCUT2D eigenvalue weighted by atomic mass is 16.5. The Morgan fingerprint density at radius 1 is 1.12 bits per heavy atom. The molecule has 0 saturated heterocycles. The zero-order chi connectivity index (χ0) is 18.4. The molecule has 0 aromatic heterocycles. The highest BCUT2D eigenvalue weighted by Gasteiger charge is 2.24. The van der Waals surface area contributed by atoms with Crippen molar-refractivity contribution >= 4 is 11.9 Å². The molecule has 2 aromatic rings. The molecule has 4 heteroatoms. The second-order valence-corrected chi connectivity index (χ2v) is 6.69. The van der Waals surface area contributed by atoms with Crippen molar-refractivity contribution < 1.29 is 14.3 Å². The smallest absolute Gasteiger partial charge is 0.313 e. The number of esters is 1. The van der Waals surface area contributed by atoms with Gasteiger partial charge in [0.1, 0.15) is 0 Å². The number of fused-ring (bicyclic) bond motifs is 1. The summed E-state index contributed by atoms with van der Waals surface area (Å²) in [5, 5.41) is 3.01. The fourth-order valence-electron chi connectivity index (χ4n) is 3.60. The van der Waals surface area contributed by atoms with E-state index in [0.29, 0.717) is 6.42 Å². The van der Waals surface area contributed by atoms with Crippen LogP contribution in [0.2, 0.25) is 0 Å². The molecular formula is C22H25NO3. The molecule has 1 aliphatic rings. The van der Waals surface area contributed by atoms with Crippen molar-refractivity contribution in [2.45, 2.75) is 44.6 Å². The third-order valence-corrected chi connectivity index (χ3v) is 4.94. The SMILES string of the molecule is CC[C@H](C(=O)OCC(=O)N[C@@H]1CCCc2ccccc21)c1ccccc1. The Hall–Kier alpha value is -2.62. The van der Waals surface area contributed by atoms with E-state index in [2.05, 4.69) is 17.4 Å². The van der Waals surface area contributed by atoms with Crippen LogP contribution in [-0.2, 0) is 20.7 Å². The minimum atomic E-state index is -0.349. The van der Waals surface area contributed by atoms with E-state index < -0.39 is 0 Å². The highest BCUT2D eigenvalue weighted by Crippen LogP contribution is 2.29. The summed E-state index contributed by atoms with van der Waals surface area (Å²) >= 11 is 0. The number of benzene rings is 2. The van der Waals surface area contributed by atoms with Crippen molar-refractivity contribution in [3.63, 3.8) is 0 Å². The Balaban J connectivity index is 1.55. The number of carbonyl (C=O) groups excluding carboxylic acids is 2. The van der Waals surface area contributed by atoms with E-state index in [4.69, 9.17) is 4.74 Å². The van der Waals surface area contributed by atoms with E-state index in [1.165, 1.54) is 11.1 Å². The molecule has 0 saturated carbocycles. The first-order valence-corrected chi connectivity index (χ1v) is 9.27. The van der Waals surface area contributed by atoms with Crippen molar-refractivity contribution in [3.05, 3.63) is 71.3 Å². The van der Waals surface area contributed by atoms with E-state index in [1.807, 2.05) is 49.4 Å². The van der Waals surface area contributed by atoms with Gasteiger partial charge in [-0.2, -0.15) is 0 Å². The van der Waals surface area contributed by atoms with Crippen LogP contribution in [-0.4, -0.2) is 18.5 Å². The molecule has 0 unspecified atom stereocenters. The van der Waals surface area contributed by atoms with Gasteiger partial charge >= 0.3 is 5.97 Å². The molecule has 4 nitrogen and oxygen atoms in total. The van der Waals surface area contributed by atoms with Gasteiger partial charge in [0.15, 0.2) is 6.61 Å². The normalized spacial score (nSPS) is 17.0. The lowest BCUT2D eigenvalue weighted by Gasteiger charge is -2.26. The van der Waals surface area contributed by atoms with Crippen molar-refractivity contribution in [2.75, 3.05) is 6.61 Å². The molecule has 1 amide bonds. The summed E-state index contributed by atoms with van der Waals surface area (Å²) in [6.07, 6.45) is 3.65. The topological polar surface area (TPSA) is 55.4 Å². The monoisotopic (exact) mass is 351 g/mol. The lowest BCUT2D eigenvalue weighted by atomic mass is 9.88. The van der Waals surface area contributed by atoms with Crippen LogP contribution in [0.1, 0.15) is 54.8 Å². The third kappa shape index (κ3) is 4.31. The van der Waals surface area contributed by atoms with E-state index in [1.54, 1.807) is 0 Å². The second-order valence-electron chi connectivity index (χ2n) is 6.69. The third-order valence-electron chi connectivity index (χ3n) is 4.94. The minimum Gasteiger partial charge on any atom is -0.455 e. The van der Waals surface area contributed by atoms with Crippen molar-refractivity contribution in [3.8, 4) is 0 Å². The van der Waals surface area contributed by atoms with Crippen LogP contribution in [0, 0.1) is 0 Å². The summed E-state index contributed by atoms with van der Waals surface area (Å²) in [6, 6.07) is 17.7. The van der Waals surface area contributed by atoms with Crippen LogP contribution in [0.15, 0.2) is 54.6 Å². The number of ether oxygens (including phenoxy) is 1. The van der Waals surface area contributed by atoms with Gasteiger partial charge in [-0.05, 0) is 42.4 Å². The molecule has 0 radical (unpaired) electrons. The number of amides is 1. The number of nitrogens with one attached hydrogen (secondary N) is 1. The molecular weight excluding hydrogens is 326 g/mol. The maximum atomic E-state index is 12.4. The molecule has 0 spiro atoms. The molecule has 2 atom stereocenters. The first kappa shape index (κ1) is 18.2. The van der Waals surface area contributed by atoms with Gasteiger partial charge in [-0.15, -0.1) is 0 Å². The molecule has 2 aromatic carbocycles. The molecule has 0 aliphatic heterocycles. The molecule has 0 heterocycles. The number of hydrogen-bond acceptors (Lipinski definition) is 3. The van der Waals surface area contributed by atoms with Gasteiger partial charge in [0.2, 0.25) is 0 Å². The van der Waals surface area contributed by atoms with Gasteiger partial charge in [-0.3, -0.25) is 9.59 Å². The maximum absolute atomic E-state index is 12.4. The van der Waals surface area contributed by atoms with Crippen LogP contribution < -0.4 is 5.32 Å². The zero-order valence-corrected chi connectivity index (χ0v) is 15.1. The molecule has 26 heavy (non-hydrogen) atoms. The van der Waals surface area contributed by atoms with E-state index >= 15 is 0 Å².